The number of methoxy groups -OCH3 is 1. The Morgan fingerprint density at radius 3 is 2.22 bits per heavy atom. The van der Waals surface area contributed by atoms with Crippen LogP contribution in [0.25, 0.3) is 0 Å². The topological polar surface area (TPSA) is 120 Å². The van der Waals surface area contributed by atoms with Gasteiger partial charge in [0.15, 0.2) is 6.10 Å². The zero-order chi connectivity index (χ0) is 37.2. The summed E-state index contributed by atoms with van der Waals surface area (Å²) in [6, 6.07) is 12.3. The van der Waals surface area contributed by atoms with Crippen LogP contribution in [0.4, 0.5) is 0 Å². The highest BCUT2D eigenvalue weighted by molar-refractivity contribution is 6.32. The monoisotopic (exact) mass is 730 g/mol. The van der Waals surface area contributed by atoms with Crippen molar-refractivity contribution in [1.82, 2.24) is 10.6 Å². The van der Waals surface area contributed by atoms with Gasteiger partial charge in [-0.25, -0.2) is 4.79 Å². The number of carbonyl (C=O) groups excluding carboxylic acids is 4. The molecule has 0 bridgehead atoms. The van der Waals surface area contributed by atoms with E-state index in [-0.39, 0.29) is 49.5 Å². The molecule has 3 rings (SSSR count). The Bertz CT molecular complexity index is 1510. The van der Waals surface area contributed by atoms with Gasteiger partial charge in [-0.05, 0) is 78.8 Å². The molecule has 2 N–H and O–H groups in total. The molecule has 0 saturated heterocycles. The fraction of sp³-hybridized carbons (Fsp3) is 0.538. The highest BCUT2D eigenvalue weighted by atomic mass is 35.5. The fourth-order valence-corrected chi connectivity index (χ4v) is 6.29. The maximum atomic E-state index is 13.7. The molecule has 9 nitrogen and oxygen atoms in total. The largest absolute Gasteiger partial charge is 0.495 e. The SMILES string of the molecule is COc1ccc(C[C@H]2NC(=O)/C=C/C[C@@H]([C@H](C)C(C)[C@H](C)c3ccc(CCl)cc3)OC(=O)[C@H](CC(C)C)OC(=O)C(C)(C)CNC2=O)cc1Cl. The summed E-state index contributed by atoms with van der Waals surface area (Å²) in [7, 11) is 1.51. The molecule has 0 spiro atoms. The Morgan fingerprint density at radius 1 is 0.960 bits per heavy atom. The molecule has 2 aromatic carbocycles. The van der Waals surface area contributed by atoms with E-state index in [9.17, 15) is 19.2 Å². The number of halogens is 2. The first-order valence-electron chi connectivity index (χ1n) is 17.2. The lowest BCUT2D eigenvalue weighted by molar-refractivity contribution is -0.179. The van der Waals surface area contributed by atoms with E-state index >= 15 is 0 Å². The molecule has 6 atom stereocenters. The van der Waals surface area contributed by atoms with Crippen LogP contribution in [-0.4, -0.2) is 55.7 Å². The van der Waals surface area contributed by atoms with E-state index in [1.165, 1.54) is 13.2 Å². The Labute approximate surface area is 306 Å². The number of hydrogen-bond acceptors (Lipinski definition) is 7. The summed E-state index contributed by atoms with van der Waals surface area (Å²) in [5.41, 5.74) is 1.66. The van der Waals surface area contributed by atoms with Gasteiger partial charge in [-0.3, -0.25) is 14.4 Å². The van der Waals surface area contributed by atoms with Gasteiger partial charge in [-0.2, -0.15) is 0 Å². The molecule has 1 aliphatic rings. The van der Waals surface area contributed by atoms with Gasteiger partial charge in [0.1, 0.15) is 17.9 Å². The van der Waals surface area contributed by atoms with Crippen molar-refractivity contribution in [2.24, 2.45) is 23.2 Å². The number of benzene rings is 2. The number of alkyl halides is 1. The van der Waals surface area contributed by atoms with Gasteiger partial charge >= 0.3 is 11.9 Å². The lowest BCUT2D eigenvalue weighted by Crippen LogP contribution is -2.51. The van der Waals surface area contributed by atoms with Crippen LogP contribution in [0, 0.1) is 23.2 Å². The first-order valence-corrected chi connectivity index (χ1v) is 18.1. The highest BCUT2D eigenvalue weighted by Crippen LogP contribution is 2.34. The summed E-state index contributed by atoms with van der Waals surface area (Å²) in [6.45, 7) is 13.3. The Kier molecular flexibility index (Phi) is 15.2. The molecular weight excluding hydrogens is 679 g/mol. The van der Waals surface area contributed by atoms with Gasteiger partial charge in [-0.1, -0.05) is 82.6 Å². The minimum Gasteiger partial charge on any atom is -0.495 e. The number of carbonyl (C=O) groups is 4. The number of amides is 2. The van der Waals surface area contributed by atoms with Crippen LogP contribution in [0.2, 0.25) is 5.02 Å². The van der Waals surface area contributed by atoms with E-state index < -0.39 is 47.4 Å². The minimum atomic E-state index is -1.20. The van der Waals surface area contributed by atoms with E-state index in [0.29, 0.717) is 22.2 Å². The van der Waals surface area contributed by atoms with E-state index in [4.69, 9.17) is 37.4 Å². The average molecular weight is 732 g/mol. The number of rotatable bonds is 10. The van der Waals surface area contributed by atoms with Crippen molar-refractivity contribution in [3.8, 4) is 5.75 Å². The molecule has 0 radical (unpaired) electrons. The summed E-state index contributed by atoms with van der Waals surface area (Å²) < 4.78 is 17.2. The van der Waals surface area contributed by atoms with Crippen LogP contribution in [-0.2, 0) is 41.0 Å². The molecule has 1 aliphatic heterocycles. The van der Waals surface area contributed by atoms with Gasteiger partial charge in [0.2, 0.25) is 11.8 Å². The highest BCUT2D eigenvalue weighted by Gasteiger charge is 2.38. The molecule has 0 aromatic heterocycles. The van der Waals surface area contributed by atoms with Crippen molar-refractivity contribution in [2.75, 3.05) is 13.7 Å². The van der Waals surface area contributed by atoms with E-state index in [2.05, 4.69) is 36.6 Å². The van der Waals surface area contributed by atoms with Gasteiger partial charge in [-0.15, -0.1) is 11.6 Å². The zero-order valence-electron chi connectivity index (χ0n) is 30.4. The van der Waals surface area contributed by atoms with Crippen molar-refractivity contribution >= 4 is 47.0 Å². The third kappa shape index (κ3) is 11.5. The molecule has 0 saturated carbocycles. The van der Waals surface area contributed by atoms with Crippen LogP contribution < -0.4 is 15.4 Å². The van der Waals surface area contributed by atoms with Gasteiger partial charge in [0, 0.05) is 25.3 Å². The molecule has 274 valence electrons. The van der Waals surface area contributed by atoms with Crippen LogP contribution >= 0.6 is 23.2 Å². The molecule has 1 unspecified atom stereocenters. The maximum Gasteiger partial charge on any atom is 0.347 e. The van der Waals surface area contributed by atoms with Gasteiger partial charge in [0.25, 0.3) is 0 Å². The summed E-state index contributed by atoms with van der Waals surface area (Å²) in [4.78, 5) is 54.0. The van der Waals surface area contributed by atoms with Gasteiger partial charge in [0.05, 0.1) is 17.5 Å². The van der Waals surface area contributed by atoms with Crippen LogP contribution in [0.3, 0.4) is 0 Å². The second kappa shape index (κ2) is 18.6. The molecular formula is C39H52Cl2N2O7. The third-order valence-corrected chi connectivity index (χ3v) is 10.1. The van der Waals surface area contributed by atoms with Crippen LogP contribution in [0.5, 0.6) is 5.75 Å². The normalized spacial score (nSPS) is 23.1. The van der Waals surface area contributed by atoms with Crippen molar-refractivity contribution in [3.63, 3.8) is 0 Å². The van der Waals surface area contributed by atoms with Gasteiger partial charge < -0.3 is 24.8 Å². The van der Waals surface area contributed by atoms with E-state index in [0.717, 1.165) is 11.1 Å². The Balaban J connectivity index is 1.96. The lowest BCUT2D eigenvalue weighted by atomic mass is 9.77. The fourth-order valence-electron chi connectivity index (χ4n) is 5.83. The van der Waals surface area contributed by atoms with E-state index in [1.54, 1.807) is 38.1 Å². The smallest absolute Gasteiger partial charge is 0.347 e. The molecule has 2 aromatic rings. The van der Waals surface area contributed by atoms with Crippen molar-refractivity contribution < 1.29 is 33.4 Å². The van der Waals surface area contributed by atoms with Crippen molar-refractivity contribution in [2.45, 2.75) is 97.8 Å². The number of nitrogens with one attached hydrogen (secondary N) is 2. The van der Waals surface area contributed by atoms with Crippen molar-refractivity contribution in [1.29, 1.82) is 0 Å². The number of hydrogen-bond donors (Lipinski definition) is 2. The molecule has 50 heavy (non-hydrogen) atoms. The van der Waals surface area contributed by atoms with Crippen LogP contribution in [0.1, 0.15) is 83.9 Å². The first-order chi connectivity index (χ1) is 23.6. The zero-order valence-corrected chi connectivity index (χ0v) is 31.9. The predicted molar refractivity (Wildman–Crippen MR) is 196 cm³/mol. The summed E-state index contributed by atoms with van der Waals surface area (Å²) in [5.74, 6) is -1.33. The first kappa shape index (κ1) is 40.9. The van der Waals surface area contributed by atoms with Crippen LogP contribution in [0.15, 0.2) is 54.6 Å². The lowest BCUT2D eigenvalue weighted by Gasteiger charge is -2.33. The Morgan fingerprint density at radius 2 is 1.62 bits per heavy atom. The summed E-state index contributed by atoms with van der Waals surface area (Å²) >= 11 is 12.3. The molecule has 0 fully saturated rings. The van der Waals surface area contributed by atoms with Crippen molar-refractivity contribution in [3.05, 3.63) is 76.3 Å². The summed E-state index contributed by atoms with van der Waals surface area (Å²) in [5, 5.41) is 5.95. The quantitative estimate of drug-likeness (QED) is 0.197. The predicted octanol–water partition coefficient (Wildman–Crippen LogP) is 7.16. The van der Waals surface area contributed by atoms with E-state index in [1.807, 2.05) is 32.9 Å². The average Bonchev–Trinajstić information content (AvgIpc) is 3.08. The third-order valence-electron chi connectivity index (χ3n) is 9.51. The molecule has 0 aliphatic carbocycles. The molecule has 2 amide bonds. The maximum absolute atomic E-state index is 13.7. The molecule has 11 heteroatoms. The Hall–Kier alpha value is -3.56. The second-order valence-electron chi connectivity index (χ2n) is 14.4. The summed E-state index contributed by atoms with van der Waals surface area (Å²) in [6.07, 6.45) is 1.84. The number of esters is 2. The second-order valence-corrected chi connectivity index (χ2v) is 15.0. The molecule has 1 heterocycles. The number of cyclic esters (lactones) is 2. The number of ether oxygens (including phenoxy) is 3. The minimum absolute atomic E-state index is 0.0235. The standard InChI is InChI=1S/C39H52Cl2N2O7/c1-23(2)18-34-37(46)49-32(26(5)24(3)25(4)29-15-12-27(21-40)13-16-29)10-9-11-35(44)43-31(20-28-14-17-33(48-8)30(41)19-28)36(45)42-22-39(6,7)38(47)50-34/h9,11-17,19,23-26,31-32,34H,10,18,20-22H2,1-8H3,(H,42,45)(H,43,44)/b11-9+/t24?,25-,26+,31+,32-,34-/m0/s1.